The Hall–Kier alpha value is -1.39. The van der Waals surface area contributed by atoms with Crippen LogP contribution in [-0.4, -0.2) is 18.4 Å². The van der Waals surface area contributed by atoms with Crippen LogP contribution >= 0.6 is 23.5 Å². The van der Waals surface area contributed by atoms with E-state index in [4.69, 9.17) is 0 Å². The summed E-state index contributed by atoms with van der Waals surface area (Å²) in [5.74, 6) is -0.0665. The first-order valence-corrected chi connectivity index (χ1v) is 8.28. The second-order valence-electron chi connectivity index (χ2n) is 3.89. The summed E-state index contributed by atoms with van der Waals surface area (Å²) in [6.45, 7) is 0. The van der Waals surface area contributed by atoms with Gasteiger partial charge in [-0.15, -0.1) is 23.5 Å². The van der Waals surface area contributed by atoms with Crippen LogP contribution in [0.25, 0.3) is 0 Å². The fourth-order valence-electron chi connectivity index (χ4n) is 1.73. The van der Waals surface area contributed by atoms with Crippen LogP contribution in [0.2, 0.25) is 0 Å². The van der Waals surface area contributed by atoms with Gasteiger partial charge in [-0.25, -0.2) is 0 Å². The quantitative estimate of drug-likeness (QED) is 0.847. The van der Waals surface area contributed by atoms with E-state index in [1.807, 2.05) is 61.0 Å². The molecule has 1 amide bonds. The van der Waals surface area contributed by atoms with Gasteiger partial charge in [0, 0.05) is 15.5 Å². The van der Waals surface area contributed by atoms with E-state index in [9.17, 15) is 4.79 Å². The van der Waals surface area contributed by atoms with Crippen LogP contribution in [0.5, 0.6) is 0 Å². The van der Waals surface area contributed by atoms with Gasteiger partial charge >= 0.3 is 0 Å². The zero-order valence-corrected chi connectivity index (χ0v) is 12.5. The lowest BCUT2D eigenvalue weighted by Gasteiger charge is -2.09. The largest absolute Gasteiger partial charge is 0.322 e. The van der Waals surface area contributed by atoms with Crippen molar-refractivity contribution in [1.82, 2.24) is 0 Å². The van der Waals surface area contributed by atoms with Crippen molar-refractivity contribution >= 4 is 35.1 Å². The van der Waals surface area contributed by atoms with Crippen molar-refractivity contribution in [1.29, 1.82) is 0 Å². The zero-order chi connectivity index (χ0) is 13.7. The summed E-state index contributed by atoms with van der Waals surface area (Å²) in [4.78, 5) is 14.4. The van der Waals surface area contributed by atoms with Gasteiger partial charge in [-0.2, -0.15) is 0 Å². The number of hydrogen-bond donors (Lipinski definition) is 1. The van der Waals surface area contributed by atoms with Gasteiger partial charge < -0.3 is 5.32 Å². The highest BCUT2D eigenvalue weighted by molar-refractivity contribution is 7.98. The Bertz CT molecular complexity index is 584. The Morgan fingerprint density at radius 1 is 1.00 bits per heavy atom. The second-order valence-corrected chi connectivity index (χ2v) is 5.61. The van der Waals surface area contributed by atoms with E-state index in [0.29, 0.717) is 5.56 Å². The van der Waals surface area contributed by atoms with Gasteiger partial charge in [0.05, 0.1) is 5.56 Å². The summed E-state index contributed by atoms with van der Waals surface area (Å²) in [5.41, 5.74) is 1.54. The molecule has 0 unspecified atom stereocenters. The first kappa shape index (κ1) is 14.0. The molecule has 0 spiro atoms. The third-order valence-corrected chi connectivity index (χ3v) is 4.20. The van der Waals surface area contributed by atoms with Gasteiger partial charge in [0.25, 0.3) is 5.91 Å². The Balaban J connectivity index is 2.20. The van der Waals surface area contributed by atoms with E-state index in [1.165, 1.54) is 0 Å². The number of rotatable bonds is 4. The third kappa shape index (κ3) is 3.55. The summed E-state index contributed by atoms with van der Waals surface area (Å²) in [7, 11) is 0. The van der Waals surface area contributed by atoms with Crippen molar-refractivity contribution < 1.29 is 4.79 Å². The van der Waals surface area contributed by atoms with E-state index in [-0.39, 0.29) is 5.91 Å². The van der Waals surface area contributed by atoms with Gasteiger partial charge in [0.2, 0.25) is 0 Å². The van der Waals surface area contributed by atoms with E-state index in [2.05, 4.69) is 5.32 Å². The molecule has 0 saturated heterocycles. The van der Waals surface area contributed by atoms with Crippen LogP contribution in [-0.2, 0) is 0 Å². The number of thioether (sulfide) groups is 2. The molecule has 2 aromatic carbocycles. The maximum atomic E-state index is 12.3. The lowest BCUT2D eigenvalue weighted by atomic mass is 10.2. The molecule has 98 valence electrons. The summed E-state index contributed by atoms with van der Waals surface area (Å²) < 4.78 is 0. The highest BCUT2D eigenvalue weighted by Gasteiger charge is 2.10. The van der Waals surface area contributed by atoms with Crippen LogP contribution in [0, 0.1) is 0 Å². The van der Waals surface area contributed by atoms with E-state index >= 15 is 0 Å². The smallest absolute Gasteiger partial charge is 0.256 e. The van der Waals surface area contributed by atoms with Gasteiger partial charge in [-0.3, -0.25) is 4.79 Å². The second kappa shape index (κ2) is 6.68. The molecule has 0 bridgehead atoms. The molecule has 2 aromatic rings. The van der Waals surface area contributed by atoms with E-state index in [0.717, 1.165) is 15.5 Å². The Morgan fingerprint density at radius 2 is 1.79 bits per heavy atom. The molecule has 0 saturated carbocycles. The minimum atomic E-state index is -0.0665. The monoisotopic (exact) mass is 289 g/mol. The minimum absolute atomic E-state index is 0.0665. The molecular weight excluding hydrogens is 274 g/mol. The Labute approximate surface area is 122 Å². The van der Waals surface area contributed by atoms with Crippen molar-refractivity contribution in [2.75, 3.05) is 17.8 Å². The summed E-state index contributed by atoms with van der Waals surface area (Å²) in [6, 6.07) is 15.5. The van der Waals surface area contributed by atoms with Gasteiger partial charge in [-0.1, -0.05) is 18.2 Å². The average molecular weight is 289 g/mol. The van der Waals surface area contributed by atoms with Gasteiger partial charge in [0.15, 0.2) is 0 Å². The average Bonchev–Trinajstić information content (AvgIpc) is 2.47. The molecular formula is C15H15NOS2. The van der Waals surface area contributed by atoms with Crippen LogP contribution < -0.4 is 5.32 Å². The molecule has 0 fully saturated rings. The molecule has 19 heavy (non-hydrogen) atoms. The summed E-state index contributed by atoms with van der Waals surface area (Å²) in [5, 5.41) is 2.94. The number of carbonyl (C=O) groups excluding carboxylic acids is 1. The topological polar surface area (TPSA) is 29.1 Å². The lowest BCUT2D eigenvalue weighted by molar-refractivity contribution is 0.102. The van der Waals surface area contributed by atoms with E-state index in [1.54, 1.807) is 23.5 Å². The standard InChI is InChI=1S/C15H15NOS2/c1-18-12-7-5-6-11(10-12)16-15(17)13-8-3-4-9-14(13)19-2/h3-10H,1-2H3,(H,16,17). The fourth-order valence-corrected chi connectivity index (χ4v) is 2.79. The molecule has 0 atom stereocenters. The highest BCUT2D eigenvalue weighted by Crippen LogP contribution is 2.23. The third-order valence-electron chi connectivity index (χ3n) is 2.68. The fraction of sp³-hybridized carbons (Fsp3) is 0.133. The molecule has 0 aliphatic rings. The number of amides is 1. The Morgan fingerprint density at radius 3 is 2.53 bits per heavy atom. The lowest BCUT2D eigenvalue weighted by Crippen LogP contribution is -2.12. The first-order valence-electron chi connectivity index (χ1n) is 5.83. The SMILES string of the molecule is CSc1cccc(NC(=O)c2ccccc2SC)c1. The number of anilines is 1. The van der Waals surface area contributed by atoms with Gasteiger partial charge in [0.1, 0.15) is 0 Å². The highest BCUT2D eigenvalue weighted by atomic mass is 32.2. The number of carbonyl (C=O) groups is 1. The maximum absolute atomic E-state index is 12.3. The van der Waals surface area contributed by atoms with Crippen molar-refractivity contribution in [3.8, 4) is 0 Å². The molecule has 0 aliphatic heterocycles. The molecule has 2 nitrogen and oxygen atoms in total. The van der Waals surface area contributed by atoms with E-state index < -0.39 is 0 Å². The molecule has 4 heteroatoms. The summed E-state index contributed by atoms with van der Waals surface area (Å²) >= 11 is 3.24. The van der Waals surface area contributed by atoms with Crippen LogP contribution in [0.15, 0.2) is 58.3 Å². The first-order chi connectivity index (χ1) is 9.24. The van der Waals surface area contributed by atoms with Gasteiger partial charge in [-0.05, 0) is 42.8 Å². The molecule has 0 aliphatic carbocycles. The number of nitrogens with one attached hydrogen (secondary N) is 1. The predicted molar refractivity (Wildman–Crippen MR) is 84.4 cm³/mol. The molecule has 0 heterocycles. The number of hydrogen-bond acceptors (Lipinski definition) is 3. The molecule has 0 radical (unpaired) electrons. The predicted octanol–water partition coefficient (Wildman–Crippen LogP) is 4.38. The zero-order valence-electron chi connectivity index (χ0n) is 10.8. The molecule has 2 rings (SSSR count). The normalized spacial score (nSPS) is 10.2. The van der Waals surface area contributed by atoms with Crippen LogP contribution in [0.3, 0.4) is 0 Å². The molecule has 1 N–H and O–H groups in total. The minimum Gasteiger partial charge on any atom is -0.322 e. The van der Waals surface area contributed by atoms with Crippen LogP contribution in [0.4, 0.5) is 5.69 Å². The van der Waals surface area contributed by atoms with Crippen molar-refractivity contribution in [2.45, 2.75) is 9.79 Å². The number of benzene rings is 2. The summed E-state index contributed by atoms with van der Waals surface area (Å²) in [6.07, 6.45) is 3.99. The van der Waals surface area contributed by atoms with Crippen molar-refractivity contribution in [3.05, 3.63) is 54.1 Å². The Kier molecular flexibility index (Phi) is 4.93. The van der Waals surface area contributed by atoms with Crippen molar-refractivity contribution in [3.63, 3.8) is 0 Å². The maximum Gasteiger partial charge on any atom is 0.256 e. The molecule has 0 aromatic heterocycles. The van der Waals surface area contributed by atoms with Crippen molar-refractivity contribution in [2.24, 2.45) is 0 Å². The van der Waals surface area contributed by atoms with Crippen LogP contribution in [0.1, 0.15) is 10.4 Å².